The molecule has 6 heteroatoms. The van der Waals surface area contributed by atoms with Gasteiger partial charge in [0.2, 0.25) is 10.4 Å². The topological polar surface area (TPSA) is 66.4 Å². The number of allylic oxidation sites excluding steroid dienone is 1. The van der Waals surface area contributed by atoms with Gasteiger partial charge in [-0.1, -0.05) is 154 Å². The molecule has 0 N–H and O–H groups in total. The van der Waals surface area contributed by atoms with Crippen molar-refractivity contribution in [2.75, 3.05) is 6.61 Å². The molecule has 0 aliphatic rings. The van der Waals surface area contributed by atoms with E-state index in [0.717, 1.165) is 25.7 Å². The molecule has 1 unspecified atom stereocenters. The zero-order valence-corrected chi connectivity index (χ0v) is 26.6. The molecule has 0 saturated carbocycles. The van der Waals surface area contributed by atoms with Crippen molar-refractivity contribution < 1.29 is 46.7 Å². The molecular formula is C29H57NaO4S. The third-order valence-corrected chi connectivity index (χ3v) is 7.16. The smallest absolute Gasteiger partial charge is 0.726 e. The number of hydrogen-bond acceptors (Lipinski definition) is 4. The van der Waals surface area contributed by atoms with Crippen LogP contribution in [0.5, 0.6) is 0 Å². The fourth-order valence-corrected chi connectivity index (χ4v) is 4.86. The molecular weight excluding hydrogens is 467 g/mol. The summed E-state index contributed by atoms with van der Waals surface area (Å²) < 4.78 is 37.0. The number of rotatable bonds is 27. The van der Waals surface area contributed by atoms with Gasteiger partial charge in [-0.2, -0.15) is 0 Å². The summed E-state index contributed by atoms with van der Waals surface area (Å²) in [5, 5.41) is 0. The maximum atomic E-state index is 10.8. The van der Waals surface area contributed by atoms with E-state index in [1.54, 1.807) is 0 Å². The fraction of sp³-hybridized carbons (Fsp3) is 0.931. The summed E-state index contributed by atoms with van der Waals surface area (Å²) in [6.07, 6.45) is 33.9. The summed E-state index contributed by atoms with van der Waals surface area (Å²) in [6, 6.07) is 0. The van der Waals surface area contributed by atoms with E-state index < -0.39 is 10.4 Å². The minimum atomic E-state index is -4.61. The molecule has 0 aromatic heterocycles. The van der Waals surface area contributed by atoms with Crippen molar-refractivity contribution >= 4 is 10.4 Å². The van der Waals surface area contributed by atoms with Crippen LogP contribution in [0.1, 0.15) is 162 Å². The molecule has 0 aliphatic carbocycles. The monoisotopic (exact) mass is 524 g/mol. The second-order valence-corrected chi connectivity index (χ2v) is 11.2. The molecule has 0 bridgehead atoms. The van der Waals surface area contributed by atoms with Crippen LogP contribution in [0.3, 0.4) is 0 Å². The van der Waals surface area contributed by atoms with Gasteiger partial charge in [0.1, 0.15) is 0 Å². The first-order valence-electron chi connectivity index (χ1n) is 14.8. The van der Waals surface area contributed by atoms with Gasteiger partial charge in [-0.3, -0.25) is 4.18 Å². The Labute approximate surface area is 242 Å². The van der Waals surface area contributed by atoms with E-state index in [-0.39, 0.29) is 42.1 Å². The average Bonchev–Trinajstić information content (AvgIpc) is 2.80. The maximum Gasteiger partial charge on any atom is 1.00 e. The predicted molar refractivity (Wildman–Crippen MR) is 146 cm³/mol. The molecule has 35 heavy (non-hydrogen) atoms. The van der Waals surface area contributed by atoms with Crippen LogP contribution in [0.15, 0.2) is 12.2 Å². The van der Waals surface area contributed by atoms with E-state index in [9.17, 15) is 13.0 Å². The van der Waals surface area contributed by atoms with Crippen molar-refractivity contribution in [1.82, 2.24) is 0 Å². The summed E-state index contributed by atoms with van der Waals surface area (Å²) in [5.41, 5.74) is 0. The number of hydrogen-bond donors (Lipinski definition) is 0. The van der Waals surface area contributed by atoms with Gasteiger partial charge < -0.3 is 4.55 Å². The van der Waals surface area contributed by atoms with Gasteiger partial charge in [-0.05, 0) is 19.3 Å². The SMILES string of the molecule is CCCCCC/C=C/C(CCCCCCCCCCCCCCCCCCC)COS(=O)(=O)[O-].[Na+]. The van der Waals surface area contributed by atoms with Crippen LogP contribution in [0.25, 0.3) is 0 Å². The molecule has 0 aromatic carbocycles. The second kappa shape index (κ2) is 29.2. The van der Waals surface area contributed by atoms with Crippen molar-refractivity contribution in [2.45, 2.75) is 162 Å². The average molecular weight is 525 g/mol. The molecule has 1 atom stereocenters. The summed E-state index contributed by atoms with van der Waals surface area (Å²) in [5.74, 6) is 0.0197. The summed E-state index contributed by atoms with van der Waals surface area (Å²) in [4.78, 5) is 0. The first kappa shape index (κ1) is 37.8. The molecule has 4 nitrogen and oxygen atoms in total. The van der Waals surface area contributed by atoms with Crippen LogP contribution in [0.2, 0.25) is 0 Å². The van der Waals surface area contributed by atoms with E-state index >= 15 is 0 Å². The first-order chi connectivity index (χ1) is 16.5. The Morgan fingerprint density at radius 1 is 0.629 bits per heavy atom. The van der Waals surface area contributed by atoms with Crippen molar-refractivity contribution in [3.63, 3.8) is 0 Å². The Balaban J connectivity index is 0. The molecule has 0 spiro atoms. The molecule has 0 rings (SSSR count). The van der Waals surface area contributed by atoms with Crippen molar-refractivity contribution in [3.05, 3.63) is 12.2 Å². The quantitative estimate of drug-likeness (QED) is 0.0397. The van der Waals surface area contributed by atoms with Crippen molar-refractivity contribution in [3.8, 4) is 0 Å². The van der Waals surface area contributed by atoms with Crippen LogP contribution >= 0.6 is 0 Å². The molecule has 0 aromatic rings. The molecule has 0 aliphatic heterocycles. The third kappa shape index (κ3) is 32.6. The Morgan fingerprint density at radius 3 is 1.40 bits per heavy atom. The van der Waals surface area contributed by atoms with Crippen LogP contribution in [-0.2, 0) is 14.6 Å². The van der Waals surface area contributed by atoms with Gasteiger partial charge in [0.25, 0.3) is 0 Å². The second-order valence-electron chi connectivity index (χ2n) is 10.2. The van der Waals surface area contributed by atoms with Crippen molar-refractivity contribution in [2.24, 2.45) is 5.92 Å². The molecule has 0 amide bonds. The third-order valence-electron chi connectivity index (χ3n) is 6.74. The normalized spacial score (nSPS) is 12.8. The minimum Gasteiger partial charge on any atom is -0.726 e. The van der Waals surface area contributed by atoms with E-state index in [2.05, 4.69) is 30.2 Å². The molecule has 204 valence electrons. The Bertz CT molecular complexity index is 537. The predicted octanol–water partition coefficient (Wildman–Crippen LogP) is 6.65. The van der Waals surface area contributed by atoms with Crippen LogP contribution < -0.4 is 29.6 Å². The Morgan fingerprint density at radius 2 is 1.00 bits per heavy atom. The van der Waals surface area contributed by atoms with Crippen LogP contribution in [0.4, 0.5) is 0 Å². The van der Waals surface area contributed by atoms with E-state index in [1.807, 2.05) is 0 Å². The van der Waals surface area contributed by atoms with Gasteiger partial charge in [-0.25, -0.2) is 8.42 Å². The summed E-state index contributed by atoms with van der Waals surface area (Å²) in [6.45, 7) is 4.46. The van der Waals surface area contributed by atoms with Crippen LogP contribution in [0, 0.1) is 5.92 Å². The van der Waals surface area contributed by atoms with Gasteiger partial charge in [0, 0.05) is 5.92 Å². The number of unbranched alkanes of at least 4 members (excludes halogenated alkanes) is 20. The van der Waals surface area contributed by atoms with E-state index in [0.29, 0.717) is 0 Å². The summed E-state index contributed by atoms with van der Waals surface area (Å²) >= 11 is 0. The standard InChI is InChI=1S/C29H58O4S.Na/c1-3-5-7-9-11-12-13-14-15-16-17-18-19-20-21-23-25-27-29(28-33-34(30,31)32)26-24-22-10-8-6-4-2;/h24,26,29H,3-23,25,27-28H2,1-2H3,(H,30,31,32);/q;+1/p-1/b26-24+;. The zero-order valence-electron chi connectivity index (χ0n) is 23.7. The first-order valence-corrected chi connectivity index (χ1v) is 16.1. The minimum absolute atomic E-state index is 0. The largest absolute Gasteiger partial charge is 1.00 e. The molecule has 0 radical (unpaired) electrons. The van der Waals surface area contributed by atoms with Gasteiger partial charge in [0.05, 0.1) is 6.61 Å². The van der Waals surface area contributed by atoms with Crippen molar-refractivity contribution in [1.29, 1.82) is 0 Å². The van der Waals surface area contributed by atoms with E-state index in [4.69, 9.17) is 0 Å². The Hall–Kier alpha value is 0.610. The van der Waals surface area contributed by atoms with Crippen LogP contribution in [-0.4, -0.2) is 19.6 Å². The van der Waals surface area contributed by atoms with E-state index in [1.165, 1.54) is 122 Å². The Kier molecular flexibility index (Phi) is 31.5. The molecule has 0 fully saturated rings. The molecule has 0 saturated heterocycles. The maximum absolute atomic E-state index is 10.8. The van der Waals surface area contributed by atoms with Gasteiger partial charge >= 0.3 is 29.6 Å². The van der Waals surface area contributed by atoms with Gasteiger partial charge in [0.15, 0.2) is 0 Å². The molecule has 0 heterocycles. The fourth-order valence-electron chi connectivity index (χ4n) is 4.51. The zero-order chi connectivity index (χ0) is 25.2. The van der Waals surface area contributed by atoms with Gasteiger partial charge in [-0.15, -0.1) is 0 Å². The summed E-state index contributed by atoms with van der Waals surface area (Å²) in [7, 11) is -4.61.